The fourth-order valence-electron chi connectivity index (χ4n) is 2.05. The Morgan fingerprint density at radius 3 is 2.47 bits per heavy atom. The number of hydrogen-bond acceptors (Lipinski definition) is 2. The van der Waals surface area contributed by atoms with Crippen molar-refractivity contribution >= 4 is 0 Å². The van der Waals surface area contributed by atoms with Crippen LogP contribution in [0.2, 0.25) is 0 Å². The van der Waals surface area contributed by atoms with Gasteiger partial charge in [-0.2, -0.15) is 0 Å². The number of rotatable bonds is 4. The maximum Gasteiger partial charge on any atom is 0.573 e. The van der Waals surface area contributed by atoms with Crippen molar-refractivity contribution in [1.82, 2.24) is 5.32 Å². The zero-order valence-electron chi connectivity index (χ0n) is 10.4. The van der Waals surface area contributed by atoms with E-state index in [9.17, 15) is 13.2 Å². The Balaban J connectivity index is 1.83. The highest BCUT2D eigenvalue weighted by Crippen LogP contribution is 2.22. The van der Waals surface area contributed by atoms with Crippen LogP contribution in [0.3, 0.4) is 0 Å². The van der Waals surface area contributed by atoms with E-state index >= 15 is 0 Å². The Morgan fingerprint density at radius 1 is 1.16 bits per heavy atom. The maximum atomic E-state index is 12.0. The smallest absolute Gasteiger partial charge is 0.406 e. The van der Waals surface area contributed by atoms with Crippen molar-refractivity contribution in [3.63, 3.8) is 0 Å². The summed E-state index contributed by atoms with van der Waals surface area (Å²) >= 11 is 0. The molecule has 0 heterocycles. The zero-order valence-corrected chi connectivity index (χ0v) is 10.4. The second-order valence-corrected chi connectivity index (χ2v) is 4.55. The van der Waals surface area contributed by atoms with Gasteiger partial charge >= 0.3 is 6.36 Å². The number of hydrogen-bond donors (Lipinski definition) is 1. The van der Waals surface area contributed by atoms with Crippen molar-refractivity contribution in [2.75, 3.05) is 0 Å². The standard InChI is InChI=1S/C14H16F3NO/c15-14(16,17)19-13-8-6-11(7-9-13)10-18-12-4-2-1-3-5-12/h1-2,6-9,12,18H,3-5,10H2. The minimum absolute atomic E-state index is 0.183. The van der Waals surface area contributed by atoms with Crippen molar-refractivity contribution in [2.24, 2.45) is 0 Å². The molecule has 19 heavy (non-hydrogen) atoms. The maximum absolute atomic E-state index is 12.0. The van der Waals surface area contributed by atoms with Crippen molar-refractivity contribution in [2.45, 2.75) is 38.2 Å². The van der Waals surface area contributed by atoms with Crippen LogP contribution in [0.5, 0.6) is 5.75 Å². The predicted molar refractivity (Wildman–Crippen MR) is 66.7 cm³/mol. The molecule has 1 aliphatic carbocycles. The first-order chi connectivity index (χ1) is 9.03. The van der Waals surface area contributed by atoms with Gasteiger partial charge in [-0.25, -0.2) is 0 Å². The van der Waals surface area contributed by atoms with Gasteiger partial charge in [0.1, 0.15) is 5.75 Å². The molecule has 0 radical (unpaired) electrons. The number of alkyl halides is 3. The first kappa shape index (κ1) is 13.9. The van der Waals surface area contributed by atoms with Crippen molar-refractivity contribution < 1.29 is 17.9 Å². The Kier molecular flexibility index (Phi) is 4.47. The second kappa shape index (κ2) is 6.10. The summed E-state index contributed by atoms with van der Waals surface area (Å²) in [5.74, 6) is -0.183. The molecule has 5 heteroatoms. The molecule has 0 spiro atoms. The number of ether oxygens (including phenoxy) is 1. The fraction of sp³-hybridized carbons (Fsp3) is 0.429. The Hall–Kier alpha value is -1.49. The van der Waals surface area contributed by atoms with E-state index in [-0.39, 0.29) is 5.75 Å². The summed E-state index contributed by atoms with van der Waals surface area (Å²) < 4.78 is 39.8. The van der Waals surface area contributed by atoms with Gasteiger partial charge in [0.25, 0.3) is 0 Å². The van der Waals surface area contributed by atoms with Crippen LogP contribution in [0, 0.1) is 0 Å². The molecule has 1 aliphatic rings. The SMILES string of the molecule is FC(F)(F)Oc1ccc(CNC2CC=CCC2)cc1. The quantitative estimate of drug-likeness (QED) is 0.841. The van der Waals surface area contributed by atoms with Gasteiger partial charge in [-0.15, -0.1) is 13.2 Å². The topological polar surface area (TPSA) is 21.3 Å². The first-order valence-electron chi connectivity index (χ1n) is 6.26. The van der Waals surface area contributed by atoms with E-state index in [4.69, 9.17) is 0 Å². The minimum atomic E-state index is -4.63. The van der Waals surface area contributed by atoms with Gasteiger partial charge in [0, 0.05) is 12.6 Å². The van der Waals surface area contributed by atoms with E-state index in [0.29, 0.717) is 12.6 Å². The third-order valence-corrected chi connectivity index (χ3v) is 3.02. The average molecular weight is 271 g/mol. The Morgan fingerprint density at radius 2 is 1.89 bits per heavy atom. The molecule has 1 atom stereocenters. The lowest BCUT2D eigenvalue weighted by atomic mass is 10.0. The second-order valence-electron chi connectivity index (χ2n) is 4.55. The molecule has 0 fully saturated rings. The highest BCUT2D eigenvalue weighted by Gasteiger charge is 2.30. The van der Waals surface area contributed by atoms with Gasteiger partial charge < -0.3 is 10.1 Å². The van der Waals surface area contributed by atoms with Crippen LogP contribution in [-0.2, 0) is 6.54 Å². The summed E-state index contributed by atoms with van der Waals surface area (Å²) in [7, 11) is 0. The molecule has 0 aliphatic heterocycles. The van der Waals surface area contributed by atoms with Crippen LogP contribution >= 0.6 is 0 Å². The van der Waals surface area contributed by atoms with Crippen LogP contribution in [0.4, 0.5) is 13.2 Å². The molecule has 0 amide bonds. The normalized spacial score (nSPS) is 19.4. The zero-order chi connectivity index (χ0) is 13.7. The molecule has 1 aromatic rings. The number of allylic oxidation sites excluding steroid dienone is 1. The molecule has 1 unspecified atom stereocenters. The van der Waals surface area contributed by atoms with Gasteiger partial charge in [0.2, 0.25) is 0 Å². The number of nitrogens with one attached hydrogen (secondary N) is 1. The molecule has 1 aromatic carbocycles. The van der Waals surface area contributed by atoms with Crippen LogP contribution in [0.25, 0.3) is 0 Å². The van der Waals surface area contributed by atoms with Crippen LogP contribution in [-0.4, -0.2) is 12.4 Å². The summed E-state index contributed by atoms with van der Waals surface area (Å²) in [5, 5.41) is 3.39. The van der Waals surface area contributed by atoms with E-state index in [1.807, 2.05) is 0 Å². The van der Waals surface area contributed by atoms with Crippen LogP contribution in [0.15, 0.2) is 36.4 Å². The lowest BCUT2D eigenvalue weighted by Crippen LogP contribution is -2.29. The molecular weight excluding hydrogens is 255 g/mol. The van der Waals surface area contributed by atoms with E-state index in [1.165, 1.54) is 12.1 Å². The molecule has 0 bridgehead atoms. The molecule has 2 rings (SSSR count). The van der Waals surface area contributed by atoms with Crippen LogP contribution < -0.4 is 10.1 Å². The van der Waals surface area contributed by atoms with Gasteiger partial charge in [0.05, 0.1) is 0 Å². The van der Waals surface area contributed by atoms with Gasteiger partial charge in [0.15, 0.2) is 0 Å². The van der Waals surface area contributed by atoms with Crippen molar-refractivity contribution in [3.8, 4) is 5.75 Å². The van der Waals surface area contributed by atoms with Gasteiger partial charge in [-0.1, -0.05) is 24.3 Å². The fourth-order valence-corrected chi connectivity index (χ4v) is 2.05. The van der Waals surface area contributed by atoms with E-state index in [2.05, 4.69) is 22.2 Å². The molecule has 0 aromatic heterocycles. The Labute approximate surface area is 110 Å². The summed E-state index contributed by atoms with van der Waals surface area (Å²) in [6.07, 6.45) is 2.88. The van der Waals surface area contributed by atoms with E-state index < -0.39 is 6.36 Å². The minimum Gasteiger partial charge on any atom is -0.406 e. The van der Waals surface area contributed by atoms with E-state index in [1.54, 1.807) is 12.1 Å². The molecule has 2 nitrogen and oxygen atoms in total. The summed E-state index contributed by atoms with van der Waals surface area (Å²) in [5.41, 5.74) is 0.948. The lowest BCUT2D eigenvalue weighted by Gasteiger charge is -2.19. The number of benzene rings is 1. The first-order valence-corrected chi connectivity index (χ1v) is 6.26. The Bertz CT molecular complexity index is 425. The highest BCUT2D eigenvalue weighted by atomic mass is 19.4. The summed E-state index contributed by atoms with van der Waals surface area (Å²) in [6, 6.07) is 6.42. The predicted octanol–water partition coefficient (Wildman–Crippen LogP) is 3.78. The molecule has 104 valence electrons. The van der Waals surface area contributed by atoms with Gasteiger partial charge in [-0.05, 0) is 37.0 Å². The largest absolute Gasteiger partial charge is 0.573 e. The van der Waals surface area contributed by atoms with Crippen molar-refractivity contribution in [1.29, 1.82) is 0 Å². The molecular formula is C14H16F3NO. The molecule has 1 N–H and O–H groups in total. The van der Waals surface area contributed by atoms with E-state index in [0.717, 1.165) is 24.8 Å². The summed E-state index contributed by atoms with van der Waals surface area (Å²) in [6.45, 7) is 0.658. The van der Waals surface area contributed by atoms with Crippen molar-refractivity contribution in [3.05, 3.63) is 42.0 Å². The van der Waals surface area contributed by atoms with Crippen LogP contribution in [0.1, 0.15) is 24.8 Å². The third-order valence-electron chi connectivity index (χ3n) is 3.02. The highest BCUT2D eigenvalue weighted by molar-refractivity contribution is 5.27. The average Bonchev–Trinajstić information content (AvgIpc) is 2.37. The monoisotopic (exact) mass is 271 g/mol. The third kappa shape index (κ3) is 4.95. The molecule has 0 saturated heterocycles. The molecule has 0 saturated carbocycles. The van der Waals surface area contributed by atoms with Gasteiger partial charge in [-0.3, -0.25) is 0 Å². The lowest BCUT2D eigenvalue weighted by molar-refractivity contribution is -0.274. The summed E-state index contributed by atoms with van der Waals surface area (Å²) in [4.78, 5) is 0. The number of halogens is 3.